The molecule has 9 rings (SSSR count). The second-order valence-corrected chi connectivity index (χ2v) is 29.8. The fraction of sp³-hybridized carbons (Fsp3) is 0.807. The van der Waals surface area contributed by atoms with Crippen LogP contribution in [0.1, 0.15) is 20.3 Å². The molecular formula is C57H85N5O51S3. The van der Waals surface area contributed by atoms with Crippen molar-refractivity contribution in [3.8, 4) is 5.75 Å². The lowest BCUT2D eigenvalue weighted by atomic mass is 9.88. The van der Waals surface area contributed by atoms with Crippen LogP contribution in [0.25, 0.3) is 0 Å². The molecule has 662 valence electrons. The van der Waals surface area contributed by atoms with Crippen LogP contribution in [-0.2, 0) is 158 Å². The van der Waals surface area contributed by atoms with Crippen molar-refractivity contribution >= 4 is 68.7 Å². The molecule has 8 saturated heterocycles. The highest BCUT2D eigenvalue weighted by Gasteiger charge is 2.60. The smallest absolute Gasteiger partial charge is 0.397 e. The Balaban J connectivity index is 0.860. The summed E-state index contributed by atoms with van der Waals surface area (Å²) in [5.74, 6) is -1.78. The number of ether oxygens (including phenoxy) is 20. The van der Waals surface area contributed by atoms with E-state index in [0.717, 1.165) is 31.2 Å². The highest BCUT2D eigenvalue weighted by molar-refractivity contribution is 7.81. The van der Waals surface area contributed by atoms with Gasteiger partial charge in [0.1, 0.15) is 110 Å². The molecule has 0 spiro atoms. The lowest BCUT2D eigenvalue weighted by molar-refractivity contribution is -0.403. The van der Waals surface area contributed by atoms with E-state index in [4.69, 9.17) is 112 Å². The number of hydrogen-bond donors (Lipinski definition) is 19. The van der Waals surface area contributed by atoms with Gasteiger partial charge in [0.2, 0.25) is 37.4 Å². The van der Waals surface area contributed by atoms with Crippen molar-refractivity contribution < 1.29 is 236 Å². The van der Waals surface area contributed by atoms with E-state index in [1.807, 2.05) is 0 Å². The summed E-state index contributed by atoms with van der Waals surface area (Å²) in [6.07, 6.45) is -73.6. The molecule has 22 N–H and O–H groups in total. The maximum absolute atomic E-state index is 12.2. The van der Waals surface area contributed by atoms with E-state index in [9.17, 15) is 134 Å². The molecule has 0 aliphatic carbocycles. The van der Waals surface area contributed by atoms with E-state index < -0.39 is 315 Å². The van der Waals surface area contributed by atoms with Crippen molar-refractivity contribution in [2.24, 2.45) is 23.1 Å². The number of nitrogens with two attached hydrogens (primary N) is 3. The molecule has 116 heavy (non-hydrogen) atoms. The number of nitrogens with one attached hydrogen (secondary N) is 1. The number of non-ortho nitro benzene ring substituents is 1. The van der Waals surface area contributed by atoms with Crippen molar-refractivity contribution in [1.82, 2.24) is 5.32 Å². The molecule has 1 aromatic rings. The lowest BCUT2D eigenvalue weighted by Crippen LogP contribution is -2.69. The lowest BCUT2D eigenvalue weighted by Gasteiger charge is -2.50. The van der Waals surface area contributed by atoms with Crippen LogP contribution >= 0.6 is 0 Å². The van der Waals surface area contributed by atoms with E-state index in [-0.39, 0.29) is 37.3 Å². The summed E-state index contributed by atoms with van der Waals surface area (Å²) in [7, 11) is -16.4. The molecule has 8 aliphatic heterocycles. The third-order valence-electron chi connectivity index (χ3n) is 18.9. The van der Waals surface area contributed by atoms with Gasteiger partial charge in [-0.05, 0) is 12.1 Å². The molecule has 0 bridgehead atoms. The largest absolute Gasteiger partial charge is 0.462 e. The molecule has 39 atom stereocenters. The summed E-state index contributed by atoms with van der Waals surface area (Å²) in [6, 6.07) is -3.11. The Hall–Kier alpha value is -5.82. The van der Waals surface area contributed by atoms with Crippen LogP contribution in [0.4, 0.5) is 5.69 Å². The number of rotatable bonds is 36. The van der Waals surface area contributed by atoms with Gasteiger partial charge in [-0.2, -0.15) is 25.3 Å². The van der Waals surface area contributed by atoms with Crippen molar-refractivity contribution in [3.05, 3.63) is 34.4 Å². The Kier molecular flexibility index (Phi) is 32.6. The number of aliphatic hydroxyl groups excluding tert-OH is 12. The maximum atomic E-state index is 12.2. The number of nitrogens with zero attached hydrogens (tertiary/aromatic N) is 1. The Morgan fingerprint density at radius 2 is 0.793 bits per heavy atom. The van der Waals surface area contributed by atoms with Crippen LogP contribution in [0, 0.1) is 16.0 Å². The van der Waals surface area contributed by atoms with Crippen molar-refractivity contribution in [1.29, 1.82) is 0 Å². The Bertz CT molecular complexity index is 3760. The molecule has 8 heterocycles. The van der Waals surface area contributed by atoms with Gasteiger partial charge >= 0.3 is 31.2 Å². The SMILES string of the molecule is CC(=O)NC1[C@H](O[C@@H]2C(OC=O)O[C@@H](O[C@@H]3C(COS(=O)(=O)O)O[C@H](O[C@@H]4C(OC=O)O[C@@H](O[C@@H]5C(COS(=O)(=O)O)O[C@@H](O[C@@H]6C(OC=O)O[C@@H](O[C@@H]7C(COS(=O)(=O)O)O[C@H](O[C@@H]8C(OC=O)O[C@@H](Oc9ccc([N+](=O)[O-])cc9)C(O)[C@H]8O)C(N)[C@H]7O)C[C@@H]6O)C(N)[C@H]5O)C(O)[C@H]4O)C(N)[C@H]3O)C(O)[C@H]2O)OC(CO)[C@H](O)[C@@H]1C. The molecule has 0 radical (unpaired) electrons. The third kappa shape index (κ3) is 23.1. The first-order valence-corrected chi connectivity index (χ1v) is 38.2. The Morgan fingerprint density at radius 1 is 0.457 bits per heavy atom. The highest BCUT2D eigenvalue weighted by Crippen LogP contribution is 2.40. The fourth-order valence-corrected chi connectivity index (χ4v) is 14.1. The van der Waals surface area contributed by atoms with Crippen LogP contribution in [0.2, 0.25) is 0 Å². The Morgan fingerprint density at radius 3 is 1.16 bits per heavy atom. The van der Waals surface area contributed by atoms with E-state index in [1.165, 1.54) is 6.92 Å². The molecule has 8 fully saturated rings. The number of nitro groups is 1. The van der Waals surface area contributed by atoms with Gasteiger partial charge in [0.25, 0.3) is 31.6 Å². The average molecular weight is 1750 g/mol. The number of benzene rings is 1. The molecule has 0 saturated carbocycles. The second-order valence-electron chi connectivity index (χ2n) is 26.6. The van der Waals surface area contributed by atoms with E-state index >= 15 is 0 Å². The number of aliphatic hydroxyl groups is 12. The minimum Gasteiger partial charge on any atom is -0.462 e. The summed E-state index contributed by atoms with van der Waals surface area (Å²) in [5, 5.41) is 150. The average Bonchev–Trinajstić information content (AvgIpc) is 0.774. The first-order chi connectivity index (χ1) is 54.5. The van der Waals surface area contributed by atoms with Gasteiger partial charge in [-0.25, -0.2) is 12.5 Å². The van der Waals surface area contributed by atoms with Crippen LogP contribution < -0.4 is 27.3 Å². The fourth-order valence-electron chi connectivity index (χ4n) is 13.1. The van der Waals surface area contributed by atoms with E-state index in [0.29, 0.717) is 0 Å². The van der Waals surface area contributed by atoms with Crippen LogP contribution in [-0.4, -0.2) is 397 Å². The van der Waals surface area contributed by atoms with Gasteiger partial charge in [0.15, 0.2) is 62.3 Å². The van der Waals surface area contributed by atoms with Crippen LogP contribution in [0.5, 0.6) is 5.75 Å². The normalized spacial score (nSPS) is 43.2. The molecule has 15 unspecified atom stereocenters. The van der Waals surface area contributed by atoms with Crippen molar-refractivity contribution in [3.63, 3.8) is 0 Å². The summed E-state index contributed by atoms with van der Waals surface area (Å²) >= 11 is 0. The molecule has 1 aromatic carbocycles. The standard InChI is InChI=1S/C57H85N5O51S3/c1-16-29(61-17(2)68)50(99-21(8-63)30(16)70)110-46-36(76)39(79)53(113-57(46)94-15-67)107-43-24(11-97-116(88,89)90)102-49(28(60)33(43)73)109-45-35(75)38(78)52(112-56(45)93-14-66)106-42-23(10-96-115(85,86)87)101-47(27(59)32(42)72)105-40-20(69)7-25(104-54(40)91-12-64)103-41-22(9-95-114(82,83)84)100-48(26(58)31(41)71)108-44-34(74)37(77)51(111-55(44)92-13-65)98-19-5-3-18(4-6-19)62(80)81/h3-6,12-16,20-57,63,69-79H,7-11,58-60H2,1-2H3,(H,61,68)(H,82,83,84)(H,85,86,87)(H,88,89,90)/t16-,20+,21?,22?,23?,24?,25-,26?,27?,28?,29?,30-,31-,32-,33-,34-,35-,36-,37?,38?,39?,40+,41-,42-,43-,44+,45+,46+,47+,48-,49-,50+,51-,52-,53-,54?,55?,56?,57?/m1/s1. The number of nitro benzene ring substituents is 1. The third-order valence-corrected chi connectivity index (χ3v) is 20.2. The van der Waals surface area contributed by atoms with Crippen molar-refractivity contribution in [2.45, 2.75) is 254 Å². The summed E-state index contributed by atoms with van der Waals surface area (Å²) in [5.41, 5.74) is 18.6. The molecule has 59 heteroatoms. The van der Waals surface area contributed by atoms with E-state index in [1.54, 1.807) is 0 Å². The number of carbonyl (C=O) groups is 5. The van der Waals surface area contributed by atoms with Gasteiger partial charge in [0.05, 0.1) is 67.7 Å². The zero-order valence-corrected chi connectivity index (χ0v) is 61.9. The van der Waals surface area contributed by atoms with Gasteiger partial charge in [0, 0.05) is 31.4 Å². The van der Waals surface area contributed by atoms with Gasteiger partial charge in [-0.15, -0.1) is 0 Å². The molecule has 56 nitrogen and oxygen atoms in total. The first-order valence-electron chi connectivity index (χ1n) is 34.1. The topological polar surface area (TPSA) is 837 Å². The van der Waals surface area contributed by atoms with Gasteiger partial charge < -0.3 is 174 Å². The second kappa shape index (κ2) is 40.2. The zero-order valence-electron chi connectivity index (χ0n) is 59.5. The molecular weight excluding hydrogens is 1670 g/mol. The molecule has 0 aromatic heterocycles. The Labute approximate surface area is 652 Å². The molecule has 8 aliphatic rings. The monoisotopic (exact) mass is 1750 g/mol. The summed E-state index contributed by atoms with van der Waals surface area (Å²) in [4.78, 5) is 70.2. The van der Waals surface area contributed by atoms with Crippen molar-refractivity contribution in [2.75, 3.05) is 26.4 Å². The zero-order chi connectivity index (χ0) is 85.5. The number of hydrogen-bond acceptors (Lipinski definition) is 51. The molecule has 1 amide bonds. The maximum Gasteiger partial charge on any atom is 0.397 e. The van der Waals surface area contributed by atoms with Gasteiger partial charge in [-0.3, -0.25) is 52.5 Å². The highest BCUT2D eigenvalue weighted by atomic mass is 32.3. The van der Waals surface area contributed by atoms with E-state index in [2.05, 4.69) is 17.9 Å². The predicted octanol–water partition coefficient (Wildman–Crippen LogP) is -14.1. The van der Waals surface area contributed by atoms with Crippen LogP contribution in [0.15, 0.2) is 24.3 Å². The number of carbonyl (C=O) groups excluding carboxylic acids is 5. The minimum absolute atomic E-state index is 0.165. The summed E-state index contributed by atoms with van der Waals surface area (Å²) < 4.78 is 225. The quantitative estimate of drug-likeness (QED) is 0.00975. The first kappa shape index (κ1) is 94.0. The number of amides is 1. The predicted molar refractivity (Wildman–Crippen MR) is 347 cm³/mol. The van der Waals surface area contributed by atoms with Crippen LogP contribution in [0.3, 0.4) is 0 Å². The van der Waals surface area contributed by atoms with Gasteiger partial charge in [-0.1, -0.05) is 6.92 Å². The summed E-state index contributed by atoms with van der Waals surface area (Å²) in [6.45, 7) is -3.49. The minimum atomic E-state index is -5.51.